The molecule has 36 heavy (non-hydrogen) atoms. The van der Waals surface area contributed by atoms with Gasteiger partial charge in [0.25, 0.3) is 10.2 Å². The van der Waals surface area contributed by atoms with Crippen molar-refractivity contribution >= 4 is 50.4 Å². The zero-order valence-electron chi connectivity index (χ0n) is 19.1. The van der Waals surface area contributed by atoms with Crippen LogP contribution in [-0.4, -0.2) is 65.6 Å². The molecule has 1 aliphatic rings. The molecule has 2 N–H and O–H groups in total. The van der Waals surface area contributed by atoms with Gasteiger partial charge in [-0.2, -0.15) is 17.8 Å². The number of aromatic nitrogens is 4. The number of nitrogens with zero attached hydrogens (tertiary/aromatic N) is 5. The molecule has 5 rings (SSSR count). The third-order valence-corrected chi connectivity index (χ3v) is 9.19. The maximum Gasteiger partial charge on any atom is 0.279 e. The lowest BCUT2D eigenvalue weighted by Crippen LogP contribution is -2.52. The number of hydrogen-bond donors (Lipinski definition) is 2. The van der Waals surface area contributed by atoms with Crippen LogP contribution in [0.5, 0.6) is 0 Å². The maximum atomic E-state index is 13.0. The lowest BCUT2D eigenvalue weighted by Gasteiger charge is -2.35. The van der Waals surface area contributed by atoms with Gasteiger partial charge in [0.15, 0.2) is 0 Å². The number of H-pyrrole nitrogens is 1. The minimum atomic E-state index is -3.65. The van der Waals surface area contributed by atoms with E-state index in [0.717, 1.165) is 21.8 Å². The van der Waals surface area contributed by atoms with E-state index in [9.17, 15) is 8.42 Å². The molecule has 0 saturated carbocycles. The molecule has 1 aromatic carbocycles. The van der Waals surface area contributed by atoms with E-state index >= 15 is 0 Å². The molecule has 0 bridgehead atoms. The average Bonchev–Trinajstić information content (AvgIpc) is 3.56. The second-order valence-electron chi connectivity index (χ2n) is 8.13. The molecule has 0 spiro atoms. The Morgan fingerprint density at radius 1 is 1.08 bits per heavy atom. The first kappa shape index (κ1) is 25.1. The van der Waals surface area contributed by atoms with Crippen LogP contribution < -0.4 is 9.62 Å². The fourth-order valence-corrected chi connectivity index (χ4v) is 6.36. The number of piperazine rings is 1. The number of benzene rings is 1. The van der Waals surface area contributed by atoms with Crippen LogP contribution in [0.2, 0.25) is 10.0 Å². The second kappa shape index (κ2) is 10.8. The van der Waals surface area contributed by atoms with E-state index in [0.29, 0.717) is 54.0 Å². The van der Waals surface area contributed by atoms with Gasteiger partial charge in [-0.3, -0.25) is 15.1 Å². The van der Waals surface area contributed by atoms with Crippen LogP contribution in [0.4, 0.5) is 5.69 Å². The van der Waals surface area contributed by atoms with Crippen LogP contribution in [-0.2, 0) is 16.6 Å². The van der Waals surface area contributed by atoms with Gasteiger partial charge >= 0.3 is 0 Å². The zero-order valence-corrected chi connectivity index (χ0v) is 22.2. The summed E-state index contributed by atoms with van der Waals surface area (Å²) in [6.45, 7) is 2.07. The van der Waals surface area contributed by atoms with Crippen molar-refractivity contribution in [2.75, 3.05) is 37.6 Å². The number of hydrogen-bond acceptors (Lipinski definition) is 7. The van der Waals surface area contributed by atoms with E-state index in [1.165, 1.54) is 4.31 Å². The predicted molar refractivity (Wildman–Crippen MR) is 144 cm³/mol. The highest BCUT2D eigenvalue weighted by Crippen LogP contribution is 2.32. The molecule has 3 aromatic heterocycles. The summed E-state index contributed by atoms with van der Waals surface area (Å²) in [6, 6.07) is 9.41. The van der Waals surface area contributed by atoms with Crippen LogP contribution in [0.1, 0.15) is 5.56 Å². The molecule has 0 atom stereocenters. The molecule has 1 fully saturated rings. The summed E-state index contributed by atoms with van der Waals surface area (Å²) in [5.41, 5.74) is 3.98. The van der Waals surface area contributed by atoms with E-state index in [4.69, 9.17) is 23.2 Å². The molecule has 4 aromatic rings. The van der Waals surface area contributed by atoms with Crippen LogP contribution >= 0.6 is 34.5 Å². The number of anilines is 1. The predicted octanol–water partition coefficient (Wildman–Crippen LogP) is 4.10. The first-order valence-corrected chi connectivity index (χ1v) is 14.3. The lowest BCUT2D eigenvalue weighted by molar-refractivity contribution is 0.378. The molecular formula is C23H23Cl2N7O2S2. The molecule has 1 saturated heterocycles. The minimum absolute atomic E-state index is 0.223. The van der Waals surface area contributed by atoms with Crippen molar-refractivity contribution in [3.63, 3.8) is 0 Å². The van der Waals surface area contributed by atoms with Crippen molar-refractivity contribution in [3.05, 3.63) is 69.9 Å². The van der Waals surface area contributed by atoms with Gasteiger partial charge in [0, 0.05) is 56.4 Å². The Morgan fingerprint density at radius 3 is 2.61 bits per heavy atom. The standard InChI is InChI=1S/C23H23Cl2N7O2S2/c24-18-4-3-16(14-19(18)25)31-9-11-32(12-10-31)36(33,34)28-6-5-17-22(20-15-26-7-8-27-20)29-30-23(17)21-2-1-13-35-21/h1-4,7-8,13-15,28H,5-6,9-12H2,(H,29,30). The number of aromatic amines is 1. The first-order chi connectivity index (χ1) is 17.4. The molecule has 188 valence electrons. The fourth-order valence-electron chi connectivity index (χ4n) is 4.13. The summed E-state index contributed by atoms with van der Waals surface area (Å²) >= 11 is 13.7. The Labute approximate surface area is 223 Å². The summed E-state index contributed by atoms with van der Waals surface area (Å²) in [7, 11) is -3.65. The van der Waals surface area contributed by atoms with E-state index in [2.05, 4.69) is 29.8 Å². The highest BCUT2D eigenvalue weighted by molar-refractivity contribution is 7.87. The molecule has 0 radical (unpaired) electrons. The normalized spacial score (nSPS) is 14.9. The highest BCUT2D eigenvalue weighted by Gasteiger charge is 2.27. The van der Waals surface area contributed by atoms with Gasteiger partial charge < -0.3 is 4.90 Å². The summed E-state index contributed by atoms with van der Waals surface area (Å²) in [5, 5.41) is 10.5. The molecule has 13 heteroatoms. The van der Waals surface area contributed by atoms with Crippen molar-refractivity contribution in [2.45, 2.75) is 6.42 Å². The Hall–Kier alpha value is -2.54. The Kier molecular flexibility index (Phi) is 7.56. The molecule has 1 aliphatic heterocycles. The van der Waals surface area contributed by atoms with Gasteiger partial charge in [0.05, 0.1) is 26.8 Å². The van der Waals surface area contributed by atoms with Gasteiger partial charge in [-0.25, -0.2) is 4.72 Å². The zero-order chi connectivity index (χ0) is 25.1. The topological polar surface area (TPSA) is 107 Å². The van der Waals surface area contributed by atoms with E-state index < -0.39 is 10.2 Å². The molecule has 4 heterocycles. The van der Waals surface area contributed by atoms with Gasteiger partial charge in [0.2, 0.25) is 0 Å². The van der Waals surface area contributed by atoms with Crippen molar-refractivity contribution in [2.24, 2.45) is 0 Å². The third-order valence-electron chi connectivity index (χ3n) is 5.95. The molecular weight excluding hydrogens is 541 g/mol. The average molecular weight is 565 g/mol. The third kappa shape index (κ3) is 5.41. The maximum absolute atomic E-state index is 13.0. The van der Waals surface area contributed by atoms with Crippen LogP contribution in [0.25, 0.3) is 22.0 Å². The Morgan fingerprint density at radius 2 is 1.92 bits per heavy atom. The van der Waals surface area contributed by atoms with Crippen molar-refractivity contribution < 1.29 is 8.42 Å². The molecule has 0 unspecified atom stereocenters. The number of halogens is 2. The van der Waals surface area contributed by atoms with Crippen LogP contribution in [0, 0.1) is 0 Å². The largest absolute Gasteiger partial charge is 0.369 e. The second-order valence-corrected chi connectivity index (χ2v) is 11.6. The Bertz CT molecular complexity index is 1420. The molecule has 0 amide bonds. The molecule has 9 nitrogen and oxygen atoms in total. The van der Waals surface area contributed by atoms with Crippen LogP contribution in [0.3, 0.4) is 0 Å². The van der Waals surface area contributed by atoms with E-state index in [1.54, 1.807) is 42.1 Å². The minimum Gasteiger partial charge on any atom is -0.369 e. The number of nitrogens with one attached hydrogen (secondary N) is 2. The summed E-state index contributed by atoms with van der Waals surface area (Å²) in [4.78, 5) is 11.6. The lowest BCUT2D eigenvalue weighted by atomic mass is 10.1. The first-order valence-electron chi connectivity index (χ1n) is 11.2. The Balaban J connectivity index is 1.25. The summed E-state index contributed by atoms with van der Waals surface area (Å²) < 4.78 is 30.3. The van der Waals surface area contributed by atoms with Gasteiger partial charge in [-0.05, 0) is 36.1 Å². The molecule has 0 aliphatic carbocycles. The van der Waals surface area contributed by atoms with Gasteiger partial charge in [-0.15, -0.1) is 11.3 Å². The van der Waals surface area contributed by atoms with Crippen molar-refractivity contribution in [1.82, 2.24) is 29.2 Å². The fraction of sp³-hybridized carbons (Fsp3) is 0.261. The van der Waals surface area contributed by atoms with Gasteiger partial charge in [-0.1, -0.05) is 29.3 Å². The smallest absolute Gasteiger partial charge is 0.279 e. The number of thiophene rings is 1. The SMILES string of the molecule is O=S(=O)(NCCc1c(-c2cnccn2)n[nH]c1-c1cccs1)N1CCN(c2ccc(Cl)c(Cl)c2)CC1. The summed E-state index contributed by atoms with van der Waals surface area (Å²) in [5.74, 6) is 0. The van der Waals surface area contributed by atoms with E-state index in [-0.39, 0.29) is 6.54 Å². The summed E-state index contributed by atoms with van der Waals surface area (Å²) in [6.07, 6.45) is 5.30. The van der Waals surface area contributed by atoms with Gasteiger partial charge in [0.1, 0.15) is 11.4 Å². The number of rotatable bonds is 8. The highest BCUT2D eigenvalue weighted by atomic mass is 35.5. The van der Waals surface area contributed by atoms with Crippen LogP contribution in [0.15, 0.2) is 54.3 Å². The van der Waals surface area contributed by atoms with E-state index in [1.807, 2.05) is 23.6 Å². The monoisotopic (exact) mass is 563 g/mol. The van der Waals surface area contributed by atoms with Crippen molar-refractivity contribution in [3.8, 4) is 22.0 Å². The quantitative estimate of drug-likeness (QED) is 0.334. The van der Waals surface area contributed by atoms with Crippen molar-refractivity contribution in [1.29, 1.82) is 0 Å².